The Hall–Kier alpha value is -1.25. The van der Waals surface area contributed by atoms with Crippen molar-refractivity contribution in [2.75, 3.05) is 0 Å². The second kappa shape index (κ2) is 3.72. The van der Waals surface area contributed by atoms with E-state index in [2.05, 4.69) is 18.2 Å². The van der Waals surface area contributed by atoms with Crippen LogP contribution in [0.2, 0.25) is 0 Å². The highest BCUT2D eigenvalue weighted by molar-refractivity contribution is 5.81. The van der Waals surface area contributed by atoms with Crippen LogP contribution < -0.4 is 0 Å². The highest BCUT2D eigenvalue weighted by atomic mass is 16.5. The van der Waals surface area contributed by atoms with Crippen molar-refractivity contribution in [2.24, 2.45) is 0 Å². The number of ether oxygens (including phenoxy) is 1. The number of carbonyl (C=O) groups is 1. The van der Waals surface area contributed by atoms with Gasteiger partial charge in [0.15, 0.2) is 0 Å². The molecule has 0 saturated heterocycles. The fourth-order valence-corrected chi connectivity index (χ4v) is 0.174. The van der Waals surface area contributed by atoms with Gasteiger partial charge in [0.2, 0.25) is 0 Å². The third-order valence-corrected chi connectivity index (χ3v) is 0.478. The molecule has 0 aromatic rings. The Kier molecular flexibility index (Phi) is 3.20. The van der Waals surface area contributed by atoms with Gasteiger partial charge in [-0.2, -0.15) is 0 Å². The van der Waals surface area contributed by atoms with Crippen LogP contribution in [-0.2, 0) is 9.53 Å². The molecule has 49 valence electrons. The quantitative estimate of drug-likeness (QED) is 0.341. The Bertz CT molecular complexity index is 142. The summed E-state index contributed by atoms with van der Waals surface area (Å²) in [6.07, 6.45) is 1.82. The summed E-state index contributed by atoms with van der Waals surface area (Å²) in [6, 6.07) is 0. The van der Waals surface area contributed by atoms with Gasteiger partial charge in [0.05, 0.1) is 0 Å². The maximum Gasteiger partial charge on any atom is 0.335 e. The van der Waals surface area contributed by atoms with E-state index in [4.69, 9.17) is 5.11 Å². The summed E-state index contributed by atoms with van der Waals surface area (Å²) < 4.78 is 4.22. The Labute approximate surface area is 53.3 Å². The number of aliphatic hydroxyl groups is 1. The third kappa shape index (κ3) is 4.61. The van der Waals surface area contributed by atoms with Crippen LogP contribution in [-0.4, -0.2) is 11.1 Å². The highest BCUT2D eigenvalue weighted by Gasteiger charge is 1.89. The van der Waals surface area contributed by atoms with Gasteiger partial charge in [-0.3, -0.25) is 0 Å². The van der Waals surface area contributed by atoms with E-state index in [0.29, 0.717) is 0 Å². The molecule has 1 N–H and O–H groups in total. The molecule has 0 heterocycles. The average molecular weight is 127 g/mol. The molecule has 0 aliphatic rings. The summed E-state index contributed by atoms with van der Waals surface area (Å²) >= 11 is 0. The zero-order chi connectivity index (χ0) is 7.28. The van der Waals surface area contributed by atoms with E-state index in [1.165, 1.54) is 0 Å². The largest absolute Gasteiger partial charge is 0.509 e. The Balaban J connectivity index is 3.63. The van der Waals surface area contributed by atoms with Gasteiger partial charge in [0, 0.05) is 13.0 Å². The second-order valence-corrected chi connectivity index (χ2v) is 1.25. The number of hydrogen-bond acceptors (Lipinski definition) is 3. The van der Waals surface area contributed by atoms with Crippen LogP contribution >= 0.6 is 0 Å². The van der Waals surface area contributed by atoms with Crippen molar-refractivity contribution in [3.8, 4) is 0 Å². The number of esters is 1. The first-order valence-electron chi connectivity index (χ1n) is 2.21. The predicted molar refractivity (Wildman–Crippen MR) is 32.4 cm³/mol. The first-order chi connectivity index (χ1) is 4.16. The maximum absolute atomic E-state index is 10.2. The normalized spacial score (nSPS) is 10.6. The van der Waals surface area contributed by atoms with E-state index in [9.17, 15) is 4.79 Å². The van der Waals surface area contributed by atoms with Crippen molar-refractivity contribution >= 4 is 5.97 Å². The van der Waals surface area contributed by atoms with E-state index in [0.717, 1.165) is 12.3 Å². The minimum absolute atomic E-state index is 0.301. The van der Waals surface area contributed by atoms with Gasteiger partial charge in [0.25, 0.3) is 0 Å². The van der Waals surface area contributed by atoms with E-state index in [1.807, 2.05) is 0 Å². The summed E-state index contributed by atoms with van der Waals surface area (Å²) in [5.41, 5.74) is 0. The van der Waals surface area contributed by atoms with E-state index in [-0.39, 0.29) is 5.76 Å². The molecule has 0 aromatic carbocycles. The smallest absolute Gasteiger partial charge is 0.335 e. The summed E-state index contributed by atoms with van der Waals surface area (Å²) in [6.45, 7) is 6.18. The molecule has 3 heteroatoms. The van der Waals surface area contributed by atoms with Crippen LogP contribution in [0.25, 0.3) is 0 Å². The van der Waals surface area contributed by atoms with Crippen LogP contribution in [0.1, 0.15) is 0 Å². The van der Waals surface area contributed by atoms with Crippen molar-refractivity contribution in [1.29, 1.82) is 0 Å². The van der Waals surface area contributed by atoms with Gasteiger partial charge < -0.3 is 9.84 Å². The fraction of sp³-hybridized carbons (Fsp3) is 0. The van der Waals surface area contributed by atoms with E-state index in [1.54, 1.807) is 0 Å². The van der Waals surface area contributed by atoms with Gasteiger partial charge in [-0.15, -0.1) is 0 Å². The lowest BCUT2D eigenvalue weighted by Crippen LogP contribution is -1.92. The first-order valence-corrected chi connectivity index (χ1v) is 2.21. The zero-order valence-corrected chi connectivity index (χ0v) is 4.83. The number of hydrogen-bond donors (Lipinski definition) is 1. The van der Waals surface area contributed by atoms with Crippen molar-refractivity contribution in [1.82, 2.24) is 0 Å². The second-order valence-electron chi connectivity index (χ2n) is 1.25. The monoisotopic (exact) mass is 127 g/mol. The highest BCUT2D eigenvalue weighted by Crippen LogP contribution is 1.86. The molecule has 0 amide bonds. The number of rotatable bonds is 2. The standard InChI is InChI=1S/C6H7O3/c1-3-6(8)9-4-5(2)7/h3-4,7H,1-2H2. The molecule has 0 aliphatic carbocycles. The summed E-state index contributed by atoms with van der Waals surface area (Å²) in [7, 11) is 0. The summed E-state index contributed by atoms with van der Waals surface area (Å²) in [5, 5.41) is 8.34. The van der Waals surface area contributed by atoms with Gasteiger partial charge >= 0.3 is 5.97 Å². The molecule has 0 unspecified atom stereocenters. The molecule has 0 aromatic heterocycles. The minimum Gasteiger partial charge on any atom is -0.509 e. The topological polar surface area (TPSA) is 46.5 Å². The summed E-state index contributed by atoms with van der Waals surface area (Å²) in [4.78, 5) is 10.2. The molecule has 9 heavy (non-hydrogen) atoms. The van der Waals surface area contributed by atoms with Crippen LogP contribution in [0, 0.1) is 6.92 Å². The van der Waals surface area contributed by atoms with Crippen molar-refractivity contribution in [3.05, 3.63) is 31.6 Å². The van der Waals surface area contributed by atoms with E-state index >= 15 is 0 Å². The molecule has 1 radical (unpaired) electrons. The molecule has 0 spiro atoms. The average Bonchev–Trinajstić information content (AvgIpc) is 1.83. The number of carbonyl (C=O) groups excluding carboxylic acids is 1. The lowest BCUT2D eigenvalue weighted by molar-refractivity contribution is -0.132. The van der Waals surface area contributed by atoms with E-state index < -0.39 is 5.97 Å². The maximum atomic E-state index is 10.2. The molecular weight excluding hydrogens is 120 g/mol. The minimum atomic E-state index is -0.620. The third-order valence-electron chi connectivity index (χ3n) is 0.478. The van der Waals surface area contributed by atoms with Gasteiger partial charge in [-0.25, -0.2) is 4.79 Å². The van der Waals surface area contributed by atoms with Gasteiger partial charge in [-0.05, 0) is 0 Å². The molecule has 0 bridgehead atoms. The molecule has 0 rings (SSSR count). The molecule has 0 aliphatic heterocycles. The molecule has 0 atom stereocenters. The SMILES string of the molecule is [CH2]C(O)=COC(=O)C=C. The lowest BCUT2D eigenvalue weighted by atomic mass is 10.6. The molecule has 0 fully saturated rings. The van der Waals surface area contributed by atoms with Crippen molar-refractivity contribution in [3.63, 3.8) is 0 Å². The van der Waals surface area contributed by atoms with Crippen molar-refractivity contribution < 1.29 is 14.6 Å². The fourth-order valence-electron chi connectivity index (χ4n) is 0.174. The van der Waals surface area contributed by atoms with Crippen LogP contribution in [0.5, 0.6) is 0 Å². The van der Waals surface area contributed by atoms with Gasteiger partial charge in [-0.1, -0.05) is 6.58 Å². The number of allylic oxidation sites excluding steroid dienone is 1. The molecule has 0 saturated carbocycles. The number of aliphatic hydroxyl groups excluding tert-OH is 1. The molecule has 3 nitrogen and oxygen atoms in total. The Morgan fingerprint density at radius 1 is 1.67 bits per heavy atom. The first kappa shape index (κ1) is 7.75. The zero-order valence-electron chi connectivity index (χ0n) is 4.83. The van der Waals surface area contributed by atoms with Crippen molar-refractivity contribution in [2.45, 2.75) is 0 Å². The van der Waals surface area contributed by atoms with Crippen LogP contribution in [0.4, 0.5) is 0 Å². The molecular formula is C6H7O3. The summed E-state index contributed by atoms with van der Waals surface area (Å²) in [5.74, 6) is -0.921. The van der Waals surface area contributed by atoms with Crippen LogP contribution in [0.3, 0.4) is 0 Å². The predicted octanol–water partition coefficient (Wildman–Crippen LogP) is 0.949. The lowest BCUT2D eigenvalue weighted by Gasteiger charge is -1.90. The Morgan fingerprint density at radius 2 is 2.22 bits per heavy atom. The van der Waals surface area contributed by atoms with Crippen LogP contribution in [0.15, 0.2) is 24.7 Å². The van der Waals surface area contributed by atoms with Gasteiger partial charge in [0.1, 0.15) is 12.0 Å². The Morgan fingerprint density at radius 3 is 2.56 bits per heavy atom.